The molecule has 2 rings (SSSR count). The van der Waals surface area contributed by atoms with Crippen LogP contribution in [0.4, 0.5) is 4.39 Å². The fourth-order valence-corrected chi connectivity index (χ4v) is 2.50. The third-order valence-electron chi connectivity index (χ3n) is 3.51. The molecular weight excluding hydrogens is 311 g/mol. The topological polar surface area (TPSA) is 33.3 Å². The summed E-state index contributed by atoms with van der Waals surface area (Å²) in [6.45, 7) is 1.31. The normalized spacial score (nSPS) is 10.2. The summed E-state index contributed by atoms with van der Waals surface area (Å²) in [6, 6.07) is 14.7. The summed E-state index contributed by atoms with van der Waals surface area (Å²) >= 11 is 5.23. The third kappa shape index (κ3) is 5.53. The van der Waals surface area contributed by atoms with Crippen molar-refractivity contribution in [3.05, 3.63) is 65.5 Å². The van der Waals surface area contributed by atoms with E-state index in [0.29, 0.717) is 30.2 Å². The van der Waals surface area contributed by atoms with Gasteiger partial charge in [-0.2, -0.15) is 0 Å². The van der Waals surface area contributed by atoms with Crippen molar-refractivity contribution in [3.63, 3.8) is 0 Å². The molecule has 0 atom stereocenters. The van der Waals surface area contributed by atoms with Gasteiger partial charge in [-0.1, -0.05) is 36.4 Å². The zero-order valence-corrected chi connectivity index (χ0v) is 14.0. The second-order valence-corrected chi connectivity index (χ2v) is 5.49. The first-order valence-corrected chi connectivity index (χ1v) is 7.98. The Morgan fingerprint density at radius 1 is 0.957 bits per heavy atom. The van der Waals surface area contributed by atoms with Crippen LogP contribution in [0.15, 0.2) is 48.5 Å². The maximum absolute atomic E-state index is 13.5. The highest BCUT2D eigenvalue weighted by molar-refractivity contribution is 7.80. The zero-order chi connectivity index (χ0) is 16.5. The van der Waals surface area contributed by atoms with Gasteiger partial charge in [-0.3, -0.25) is 0 Å². The van der Waals surface area contributed by atoms with Crippen molar-refractivity contribution in [2.45, 2.75) is 12.8 Å². The van der Waals surface area contributed by atoms with Crippen LogP contribution in [-0.2, 0) is 12.8 Å². The summed E-state index contributed by atoms with van der Waals surface area (Å²) < 4.78 is 18.8. The van der Waals surface area contributed by atoms with Crippen LogP contribution in [0.1, 0.15) is 11.1 Å². The Labute approximate surface area is 141 Å². The number of hydrogen-bond acceptors (Lipinski definition) is 2. The molecule has 0 bridgehead atoms. The number of rotatable bonds is 7. The SMILES string of the molecule is COc1ccccc1CCNC(=S)NCCc1ccccc1F. The first-order valence-electron chi connectivity index (χ1n) is 7.57. The van der Waals surface area contributed by atoms with Gasteiger partial charge in [0, 0.05) is 13.1 Å². The average molecular weight is 332 g/mol. The van der Waals surface area contributed by atoms with Crippen LogP contribution in [0.5, 0.6) is 5.75 Å². The Balaban J connectivity index is 1.68. The van der Waals surface area contributed by atoms with Gasteiger partial charge >= 0.3 is 0 Å². The van der Waals surface area contributed by atoms with E-state index < -0.39 is 0 Å². The molecule has 0 radical (unpaired) electrons. The summed E-state index contributed by atoms with van der Waals surface area (Å²) in [5, 5.41) is 6.83. The van der Waals surface area contributed by atoms with Crippen LogP contribution in [-0.4, -0.2) is 25.3 Å². The van der Waals surface area contributed by atoms with Crippen LogP contribution < -0.4 is 15.4 Å². The van der Waals surface area contributed by atoms with Crippen molar-refractivity contribution in [2.75, 3.05) is 20.2 Å². The molecule has 0 saturated carbocycles. The quantitative estimate of drug-likeness (QED) is 0.764. The van der Waals surface area contributed by atoms with Gasteiger partial charge in [0.05, 0.1) is 7.11 Å². The lowest BCUT2D eigenvalue weighted by Crippen LogP contribution is -2.37. The lowest BCUT2D eigenvalue weighted by Gasteiger charge is -2.12. The molecule has 5 heteroatoms. The highest BCUT2D eigenvalue weighted by Gasteiger charge is 2.03. The molecule has 2 N–H and O–H groups in total. The van der Waals surface area contributed by atoms with Crippen molar-refractivity contribution in [2.24, 2.45) is 0 Å². The summed E-state index contributed by atoms with van der Waals surface area (Å²) in [5.74, 6) is 0.706. The van der Waals surface area contributed by atoms with Crippen molar-refractivity contribution < 1.29 is 9.13 Å². The molecule has 23 heavy (non-hydrogen) atoms. The molecule has 0 aliphatic heterocycles. The maximum Gasteiger partial charge on any atom is 0.166 e. The molecule has 0 aliphatic rings. The highest BCUT2D eigenvalue weighted by Crippen LogP contribution is 2.17. The molecule has 3 nitrogen and oxygen atoms in total. The summed E-state index contributed by atoms with van der Waals surface area (Å²) in [4.78, 5) is 0. The Kier molecular flexibility index (Phi) is 6.81. The van der Waals surface area contributed by atoms with E-state index in [1.165, 1.54) is 6.07 Å². The smallest absolute Gasteiger partial charge is 0.166 e. The van der Waals surface area contributed by atoms with E-state index in [1.807, 2.05) is 30.3 Å². The predicted molar refractivity (Wildman–Crippen MR) is 95.4 cm³/mol. The lowest BCUT2D eigenvalue weighted by molar-refractivity contribution is 0.409. The van der Waals surface area contributed by atoms with E-state index in [2.05, 4.69) is 10.6 Å². The van der Waals surface area contributed by atoms with Gasteiger partial charge in [-0.25, -0.2) is 4.39 Å². The molecule has 0 spiro atoms. The number of halogens is 1. The minimum Gasteiger partial charge on any atom is -0.496 e. The van der Waals surface area contributed by atoms with Crippen LogP contribution in [0.25, 0.3) is 0 Å². The fourth-order valence-electron chi connectivity index (χ4n) is 2.29. The lowest BCUT2D eigenvalue weighted by atomic mass is 10.1. The summed E-state index contributed by atoms with van der Waals surface area (Å²) in [5.41, 5.74) is 1.83. The Hall–Kier alpha value is -2.14. The van der Waals surface area contributed by atoms with E-state index in [1.54, 1.807) is 19.2 Å². The van der Waals surface area contributed by atoms with E-state index in [4.69, 9.17) is 17.0 Å². The van der Waals surface area contributed by atoms with Gasteiger partial charge in [-0.15, -0.1) is 0 Å². The van der Waals surface area contributed by atoms with Crippen LogP contribution >= 0.6 is 12.2 Å². The Morgan fingerprint density at radius 3 is 2.17 bits per heavy atom. The number of thiocarbonyl (C=S) groups is 1. The molecular formula is C18H21FN2OS. The number of methoxy groups -OCH3 is 1. The molecule has 0 unspecified atom stereocenters. The van der Waals surface area contributed by atoms with Gasteiger partial charge in [0.15, 0.2) is 5.11 Å². The monoisotopic (exact) mass is 332 g/mol. The molecule has 0 saturated heterocycles. The van der Waals surface area contributed by atoms with E-state index >= 15 is 0 Å². The predicted octanol–water partition coefficient (Wildman–Crippen LogP) is 3.08. The van der Waals surface area contributed by atoms with Gasteiger partial charge in [-0.05, 0) is 48.3 Å². The average Bonchev–Trinajstić information content (AvgIpc) is 2.57. The summed E-state index contributed by atoms with van der Waals surface area (Å²) in [7, 11) is 1.67. The van der Waals surface area contributed by atoms with Gasteiger partial charge < -0.3 is 15.4 Å². The van der Waals surface area contributed by atoms with Crippen LogP contribution in [0.3, 0.4) is 0 Å². The van der Waals surface area contributed by atoms with Gasteiger partial charge in [0.2, 0.25) is 0 Å². The summed E-state index contributed by atoms with van der Waals surface area (Å²) in [6.07, 6.45) is 1.42. The Bertz CT molecular complexity index is 648. The zero-order valence-electron chi connectivity index (χ0n) is 13.1. The second-order valence-electron chi connectivity index (χ2n) is 5.09. The molecule has 122 valence electrons. The second kappa shape index (κ2) is 9.10. The molecule has 0 heterocycles. The number of para-hydroxylation sites is 1. The largest absolute Gasteiger partial charge is 0.496 e. The minimum atomic E-state index is -0.177. The maximum atomic E-state index is 13.5. The highest BCUT2D eigenvalue weighted by atomic mass is 32.1. The molecule has 2 aromatic rings. The Morgan fingerprint density at radius 2 is 1.52 bits per heavy atom. The fraction of sp³-hybridized carbons (Fsp3) is 0.278. The van der Waals surface area contributed by atoms with Crippen LogP contribution in [0.2, 0.25) is 0 Å². The molecule has 0 aliphatic carbocycles. The number of benzene rings is 2. The van der Waals surface area contributed by atoms with Crippen molar-refractivity contribution in [3.8, 4) is 5.75 Å². The van der Waals surface area contributed by atoms with E-state index in [-0.39, 0.29) is 5.82 Å². The first-order chi connectivity index (χ1) is 11.2. The molecule has 0 fully saturated rings. The minimum absolute atomic E-state index is 0.177. The molecule has 2 aromatic carbocycles. The standard InChI is InChI=1S/C18H21FN2OS/c1-22-17-9-5-3-7-15(17)11-13-21-18(23)20-12-10-14-6-2-4-8-16(14)19/h2-9H,10-13H2,1H3,(H2,20,21,23). The molecule has 0 amide bonds. The van der Waals surface area contributed by atoms with Crippen molar-refractivity contribution in [1.82, 2.24) is 10.6 Å². The number of nitrogens with one attached hydrogen (secondary N) is 2. The van der Waals surface area contributed by atoms with Crippen molar-refractivity contribution in [1.29, 1.82) is 0 Å². The molecule has 0 aromatic heterocycles. The van der Waals surface area contributed by atoms with Gasteiger partial charge in [0.25, 0.3) is 0 Å². The number of hydrogen-bond donors (Lipinski definition) is 2. The van der Waals surface area contributed by atoms with Crippen LogP contribution in [0, 0.1) is 5.82 Å². The van der Waals surface area contributed by atoms with E-state index in [0.717, 1.165) is 17.7 Å². The third-order valence-corrected chi connectivity index (χ3v) is 3.80. The van der Waals surface area contributed by atoms with Gasteiger partial charge in [0.1, 0.15) is 11.6 Å². The van der Waals surface area contributed by atoms with E-state index in [9.17, 15) is 4.39 Å². The van der Waals surface area contributed by atoms with Crippen molar-refractivity contribution >= 4 is 17.3 Å². The first kappa shape index (κ1) is 17.2. The number of ether oxygens (including phenoxy) is 1.